The number of carbonyl (C=O) groups is 1. The largest absolute Gasteiger partial charge is 0.465 e. The minimum atomic E-state index is -1.32. The van der Waals surface area contributed by atoms with Gasteiger partial charge in [0.25, 0.3) is 0 Å². The quantitative estimate of drug-likeness (QED) is 0.445. The minimum absolute atomic E-state index is 0.159. The molecule has 0 radical (unpaired) electrons. The van der Waals surface area contributed by atoms with Crippen LogP contribution in [-0.2, 0) is 11.4 Å². The number of oxime groups is 1. The molecular weight excluding hydrogens is 320 g/mol. The molecule has 7 heteroatoms. The highest BCUT2D eigenvalue weighted by atomic mass is 35.5. The van der Waals surface area contributed by atoms with Gasteiger partial charge >= 0.3 is 6.09 Å². The first-order valence-electron chi connectivity index (χ1n) is 7.17. The molecule has 1 rings (SSSR count). The highest BCUT2D eigenvalue weighted by Crippen LogP contribution is 2.18. The van der Waals surface area contributed by atoms with Crippen molar-refractivity contribution in [2.24, 2.45) is 5.16 Å². The van der Waals surface area contributed by atoms with Gasteiger partial charge in [0, 0.05) is 11.6 Å². The van der Waals surface area contributed by atoms with Gasteiger partial charge in [-0.1, -0.05) is 48.9 Å². The molecule has 0 spiro atoms. The smallest absolute Gasteiger partial charge is 0.404 e. The predicted octanol–water partition coefficient (Wildman–Crippen LogP) is 4.12. The molecule has 5 nitrogen and oxygen atoms in total. The van der Waals surface area contributed by atoms with E-state index in [0.29, 0.717) is 16.8 Å². The second-order valence-electron chi connectivity index (χ2n) is 5.93. The fourth-order valence-electron chi connectivity index (χ4n) is 1.56. The molecule has 1 aromatic rings. The van der Waals surface area contributed by atoms with Crippen LogP contribution in [0.2, 0.25) is 24.2 Å². The molecule has 0 saturated heterocycles. The lowest BCUT2D eigenvalue weighted by Gasteiger charge is -2.17. The average Bonchev–Trinajstić information content (AvgIpc) is 2.46. The summed E-state index contributed by atoms with van der Waals surface area (Å²) in [6.07, 6.45) is -0.399. The van der Waals surface area contributed by atoms with Crippen molar-refractivity contribution in [3.05, 3.63) is 34.3 Å². The maximum atomic E-state index is 10.6. The zero-order valence-electron chi connectivity index (χ0n) is 13.4. The Kier molecular flexibility index (Phi) is 6.89. The standard InChI is InChI=1S/C15H23ClN2O3Si/c1-5-22(3,4)10-21-18-11(2)12-6-7-14(16)13(8-12)9-17-15(19)20/h6-8,17H,5,9-10H2,1-4H3,(H,19,20). The Bertz CT molecular complexity index is 562. The zero-order valence-corrected chi connectivity index (χ0v) is 15.2. The van der Waals surface area contributed by atoms with Crippen LogP contribution >= 0.6 is 11.6 Å². The Labute approximate surface area is 137 Å². The Morgan fingerprint density at radius 1 is 1.45 bits per heavy atom. The molecule has 1 amide bonds. The first kappa shape index (κ1) is 18.5. The normalized spacial score (nSPS) is 12.1. The summed E-state index contributed by atoms with van der Waals surface area (Å²) in [5, 5.41) is 15.7. The van der Waals surface area contributed by atoms with E-state index in [0.717, 1.165) is 17.3 Å². The Morgan fingerprint density at radius 2 is 2.14 bits per heavy atom. The second kappa shape index (κ2) is 8.19. The average molecular weight is 343 g/mol. The molecule has 0 atom stereocenters. The SMILES string of the molecule is CC[Si](C)(C)CON=C(C)c1ccc(Cl)c(CNC(=O)O)c1. The third kappa shape index (κ3) is 6.07. The summed E-state index contributed by atoms with van der Waals surface area (Å²) in [5.41, 5.74) is 2.32. The van der Waals surface area contributed by atoms with Gasteiger partial charge in [0.2, 0.25) is 0 Å². The zero-order chi connectivity index (χ0) is 16.8. The van der Waals surface area contributed by atoms with E-state index in [1.807, 2.05) is 19.1 Å². The number of rotatable bonds is 7. The highest BCUT2D eigenvalue weighted by Gasteiger charge is 2.19. The molecule has 0 saturated carbocycles. The molecular formula is C15H23ClN2O3Si. The van der Waals surface area contributed by atoms with Crippen molar-refractivity contribution in [1.82, 2.24) is 5.32 Å². The molecule has 122 valence electrons. The molecule has 0 aromatic heterocycles. The van der Waals surface area contributed by atoms with Crippen molar-refractivity contribution < 1.29 is 14.7 Å². The molecule has 0 heterocycles. The van der Waals surface area contributed by atoms with Crippen LogP contribution < -0.4 is 5.32 Å². The fourth-order valence-corrected chi connectivity index (χ4v) is 2.37. The van der Waals surface area contributed by atoms with Crippen LogP contribution in [0.15, 0.2) is 23.4 Å². The van der Waals surface area contributed by atoms with Crippen molar-refractivity contribution in [1.29, 1.82) is 0 Å². The van der Waals surface area contributed by atoms with Crippen LogP contribution in [0.4, 0.5) is 4.79 Å². The summed E-state index contributed by atoms with van der Waals surface area (Å²) < 4.78 is 0. The number of hydrogen-bond acceptors (Lipinski definition) is 3. The molecule has 0 bridgehead atoms. The van der Waals surface area contributed by atoms with E-state index in [9.17, 15) is 4.79 Å². The van der Waals surface area contributed by atoms with Crippen LogP contribution in [-0.4, -0.2) is 31.2 Å². The molecule has 22 heavy (non-hydrogen) atoms. The predicted molar refractivity (Wildman–Crippen MR) is 92.4 cm³/mol. The van der Waals surface area contributed by atoms with Crippen LogP contribution in [0.1, 0.15) is 25.0 Å². The summed E-state index contributed by atoms with van der Waals surface area (Å²) in [6, 6.07) is 6.55. The van der Waals surface area contributed by atoms with Gasteiger partial charge in [-0.05, 0) is 30.2 Å². The van der Waals surface area contributed by atoms with E-state index in [2.05, 4.69) is 30.5 Å². The van der Waals surface area contributed by atoms with Crippen LogP contribution in [0.3, 0.4) is 0 Å². The van der Waals surface area contributed by atoms with Crippen LogP contribution in [0.25, 0.3) is 0 Å². The monoisotopic (exact) mass is 342 g/mol. The van der Waals surface area contributed by atoms with Gasteiger partial charge in [0.1, 0.15) is 6.23 Å². The molecule has 0 aliphatic rings. The number of nitrogens with one attached hydrogen (secondary N) is 1. The fraction of sp³-hybridized carbons (Fsp3) is 0.467. The van der Waals surface area contributed by atoms with E-state index in [4.69, 9.17) is 21.5 Å². The van der Waals surface area contributed by atoms with Crippen molar-refractivity contribution in [2.45, 2.75) is 39.5 Å². The minimum Gasteiger partial charge on any atom is -0.465 e. The molecule has 1 aromatic carbocycles. The van der Waals surface area contributed by atoms with E-state index in [-0.39, 0.29) is 6.54 Å². The summed E-state index contributed by atoms with van der Waals surface area (Å²) in [6.45, 7) is 8.71. The van der Waals surface area contributed by atoms with Gasteiger partial charge in [-0.15, -0.1) is 0 Å². The Hall–Kier alpha value is -1.53. The maximum Gasteiger partial charge on any atom is 0.404 e. The third-order valence-corrected chi connectivity index (χ3v) is 6.70. The van der Waals surface area contributed by atoms with Gasteiger partial charge in [-0.3, -0.25) is 0 Å². The summed E-state index contributed by atoms with van der Waals surface area (Å²) in [4.78, 5) is 16.1. The molecule has 2 N–H and O–H groups in total. The number of carboxylic acid groups (broad SMARTS) is 1. The topological polar surface area (TPSA) is 70.9 Å². The Morgan fingerprint density at radius 3 is 2.73 bits per heavy atom. The van der Waals surface area contributed by atoms with Crippen molar-refractivity contribution in [3.63, 3.8) is 0 Å². The van der Waals surface area contributed by atoms with Crippen molar-refractivity contribution in [2.75, 3.05) is 6.23 Å². The molecule has 0 aliphatic carbocycles. The number of amides is 1. The summed E-state index contributed by atoms with van der Waals surface area (Å²) in [5.74, 6) is 0. The molecule has 0 fully saturated rings. The maximum absolute atomic E-state index is 10.6. The lowest BCUT2D eigenvalue weighted by Crippen LogP contribution is -2.30. The Balaban J connectivity index is 2.78. The van der Waals surface area contributed by atoms with Crippen molar-refractivity contribution in [3.8, 4) is 0 Å². The van der Waals surface area contributed by atoms with E-state index in [1.54, 1.807) is 6.07 Å². The van der Waals surface area contributed by atoms with Gasteiger partial charge in [0.15, 0.2) is 0 Å². The first-order valence-corrected chi connectivity index (χ1v) is 11.0. The highest BCUT2D eigenvalue weighted by molar-refractivity contribution is 6.77. The second-order valence-corrected chi connectivity index (χ2v) is 11.7. The van der Waals surface area contributed by atoms with E-state index < -0.39 is 14.2 Å². The van der Waals surface area contributed by atoms with E-state index >= 15 is 0 Å². The van der Waals surface area contributed by atoms with Crippen LogP contribution in [0, 0.1) is 0 Å². The van der Waals surface area contributed by atoms with Crippen molar-refractivity contribution >= 4 is 31.5 Å². The van der Waals surface area contributed by atoms with Gasteiger partial charge < -0.3 is 15.3 Å². The van der Waals surface area contributed by atoms with Crippen LogP contribution in [0.5, 0.6) is 0 Å². The molecule has 0 unspecified atom stereocenters. The van der Waals surface area contributed by atoms with Gasteiger partial charge in [-0.25, -0.2) is 4.79 Å². The number of benzene rings is 1. The number of hydrogen-bond donors (Lipinski definition) is 2. The van der Waals surface area contributed by atoms with E-state index in [1.165, 1.54) is 0 Å². The van der Waals surface area contributed by atoms with Gasteiger partial charge in [0.05, 0.1) is 13.8 Å². The lowest BCUT2D eigenvalue weighted by atomic mass is 10.1. The third-order valence-electron chi connectivity index (χ3n) is 3.51. The summed E-state index contributed by atoms with van der Waals surface area (Å²) in [7, 11) is -1.32. The summed E-state index contributed by atoms with van der Waals surface area (Å²) >= 11 is 6.07. The number of nitrogens with zero attached hydrogens (tertiary/aromatic N) is 1. The first-order chi connectivity index (χ1) is 10.2. The molecule has 0 aliphatic heterocycles. The van der Waals surface area contributed by atoms with Gasteiger partial charge in [-0.2, -0.15) is 0 Å². The lowest BCUT2D eigenvalue weighted by molar-refractivity contribution is 0.185. The number of halogens is 1.